The van der Waals surface area contributed by atoms with E-state index in [2.05, 4.69) is 34.6 Å². The number of nitrogens with zero attached hydrogens (tertiary/aromatic N) is 1. The summed E-state index contributed by atoms with van der Waals surface area (Å²) in [7, 11) is 0. The lowest BCUT2D eigenvalue weighted by Gasteiger charge is -2.16. The minimum atomic E-state index is -0.0628. The molecular formula is C22H22N2O2S. The Hall–Kier alpha value is -2.66. The molecule has 0 radical (unpaired) electrons. The van der Waals surface area contributed by atoms with Crippen LogP contribution >= 0.6 is 11.3 Å². The summed E-state index contributed by atoms with van der Waals surface area (Å²) in [5.74, 6) is 0.615. The number of benzene rings is 2. The fraction of sp³-hybridized carbons (Fsp3) is 0.273. The first-order valence-corrected chi connectivity index (χ1v) is 10.0. The average molecular weight is 378 g/mol. The number of thiazole rings is 1. The highest BCUT2D eigenvalue weighted by atomic mass is 32.1. The summed E-state index contributed by atoms with van der Waals surface area (Å²) in [5, 5.41) is 6.11. The van der Waals surface area contributed by atoms with Crippen LogP contribution in [-0.2, 0) is 12.0 Å². The lowest BCUT2D eigenvalue weighted by molar-refractivity contribution is 0.0949. The fourth-order valence-electron chi connectivity index (χ4n) is 3.22. The summed E-state index contributed by atoms with van der Waals surface area (Å²) < 4.78 is 5.79. The van der Waals surface area contributed by atoms with Gasteiger partial charge in [-0.3, -0.25) is 4.79 Å². The molecule has 1 aliphatic rings. The molecular weight excluding hydrogens is 356 g/mol. The molecule has 0 unspecified atom stereocenters. The Labute approximate surface area is 163 Å². The SMILES string of the molecule is Cc1nc(COc2cccc(C(=O)NCC3(c4ccccc4)CC3)c2)cs1. The van der Waals surface area contributed by atoms with Crippen molar-refractivity contribution in [3.05, 3.63) is 81.8 Å². The average Bonchev–Trinajstić information content (AvgIpc) is 3.39. The van der Waals surface area contributed by atoms with Gasteiger partial charge in [-0.25, -0.2) is 4.98 Å². The molecule has 1 heterocycles. The van der Waals surface area contributed by atoms with Gasteiger partial charge in [0, 0.05) is 22.9 Å². The second kappa shape index (κ2) is 7.53. The normalized spacial score (nSPS) is 14.6. The summed E-state index contributed by atoms with van der Waals surface area (Å²) in [4.78, 5) is 17.0. The molecule has 0 saturated heterocycles. The van der Waals surface area contributed by atoms with Crippen LogP contribution in [0.15, 0.2) is 60.0 Å². The molecule has 1 fully saturated rings. The van der Waals surface area contributed by atoms with Crippen molar-refractivity contribution < 1.29 is 9.53 Å². The van der Waals surface area contributed by atoms with E-state index in [-0.39, 0.29) is 11.3 Å². The van der Waals surface area contributed by atoms with E-state index in [9.17, 15) is 4.79 Å². The molecule has 1 amide bonds. The third-order valence-electron chi connectivity index (χ3n) is 4.98. The lowest BCUT2D eigenvalue weighted by atomic mass is 9.96. The quantitative estimate of drug-likeness (QED) is 0.659. The van der Waals surface area contributed by atoms with Gasteiger partial charge in [0.25, 0.3) is 5.91 Å². The molecule has 0 bridgehead atoms. The maximum Gasteiger partial charge on any atom is 0.251 e. The number of nitrogens with one attached hydrogen (secondary N) is 1. The van der Waals surface area contributed by atoms with E-state index in [0.717, 1.165) is 23.5 Å². The number of hydrogen-bond donors (Lipinski definition) is 1. The van der Waals surface area contributed by atoms with Gasteiger partial charge < -0.3 is 10.1 Å². The van der Waals surface area contributed by atoms with Gasteiger partial charge in [0.1, 0.15) is 12.4 Å². The largest absolute Gasteiger partial charge is 0.487 e. The predicted octanol–water partition coefficient (Wildman–Crippen LogP) is 4.49. The second-order valence-corrected chi connectivity index (χ2v) is 8.07. The number of carbonyl (C=O) groups is 1. The topological polar surface area (TPSA) is 51.2 Å². The van der Waals surface area contributed by atoms with Gasteiger partial charge in [-0.15, -0.1) is 11.3 Å². The van der Waals surface area contributed by atoms with Crippen LogP contribution in [0, 0.1) is 6.92 Å². The van der Waals surface area contributed by atoms with E-state index >= 15 is 0 Å². The lowest BCUT2D eigenvalue weighted by Crippen LogP contribution is -2.32. The standard InChI is InChI=1S/C22H22N2O2S/c1-16-24-19(14-27-16)13-26-20-9-5-6-17(12-20)21(25)23-15-22(10-11-22)18-7-3-2-4-8-18/h2-9,12,14H,10-11,13,15H2,1H3,(H,23,25). The van der Waals surface area contributed by atoms with Crippen LogP contribution in [0.3, 0.4) is 0 Å². The number of rotatable bonds is 7. The van der Waals surface area contributed by atoms with Crippen molar-refractivity contribution in [2.75, 3.05) is 6.54 Å². The first kappa shape index (κ1) is 17.7. The first-order chi connectivity index (χ1) is 13.1. The van der Waals surface area contributed by atoms with Crippen LogP contribution in [0.25, 0.3) is 0 Å². The highest BCUT2D eigenvalue weighted by molar-refractivity contribution is 7.09. The van der Waals surface area contributed by atoms with Gasteiger partial charge in [0.05, 0.1) is 10.7 Å². The van der Waals surface area contributed by atoms with Gasteiger partial charge >= 0.3 is 0 Å². The molecule has 1 aromatic heterocycles. The van der Waals surface area contributed by atoms with Crippen LogP contribution in [0.4, 0.5) is 0 Å². The fourth-order valence-corrected chi connectivity index (χ4v) is 3.82. The summed E-state index contributed by atoms with van der Waals surface area (Å²) in [6, 6.07) is 17.7. The summed E-state index contributed by atoms with van der Waals surface area (Å²) >= 11 is 1.61. The van der Waals surface area contributed by atoms with Gasteiger partial charge in [-0.05, 0) is 43.5 Å². The predicted molar refractivity (Wildman–Crippen MR) is 107 cm³/mol. The van der Waals surface area contributed by atoms with Gasteiger partial charge in [-0.2, -0.15) is 0 Å². The maximum atomic E-state index is 12.6. The molecule has 0 spiro atoms. The van der Waals surface area contributed by atoms with Crippen LogP contribution in [0.2, 0.25) is 0 Å². The highest BCUT2D eigenvalue weighted by Crippen LogP contribution is 2.47. The molecule has 1 saturated carbocycles. The minimum Gasteiger partial charge on any atom is -0.487 e. The molecule has 2 aromatic carbocycles. The van der Waals surface area contributed by atoms with Crippen molar-refractivity contribution in [2.24, 2.45) is 0 Å². The number of hydrogen-bond acceptors (Lipinski definition) is 4. The molecule has 1 N–H and O–H groups in total. The third kappa shape index (κ3) is 4.19. The van der Waals surface area contributed by atoms with Crippen LogP contribution in [0.5, 0.6) is 5.75 Å². The van der Waals surface area contributed by atoms with Crippen molar-refractivity contribution >= 4 is 17.2 Å². The Balaban J connectivity index is 1.36. The third-order valence-corrected chi connectivity index (χ3v) is 5.80. The van der Waals surface area contributed by atoms with Crippen molar-refractivity contribution in [3.8, 4) is 5.75 Å². The summed E-state index contributed by atoms with van der Waals surface area (Å²) in [5.41, 5.74) is 2.94. The van der Waals surface area contributed by atoms with E-state index in [1.54, 1.807) is 17.4 Å². The van der Waals surface area contributed by atoms with E-state index in [4.69, 9.17) is 4.74 Å². The molecule has 27 heavy (non-hydrogen) atoms. The van der Waals surface area contributed by atoms with Crippen molar-refractivity contribution in [1.82, 2.24) is 10.3 Å². The monoisotopic (exact) mass is 378 g/mol. The van der Waals surface area contributed by atoms with E-state index < -0.39 is 0 Å². The molecule has 4 rings (SSSR count). The molecule has 0 aliphatic heterocycles. The number of amides is 1. The highest BCUT2D eigenvalue weighted by Gasteiger charge is 2.44. The molecule has 5 heteroatoms. The van der Waals surface area contributed by atoms with Crippen molar-refractivity contribution in [3.63, 3.8) is 0 Å². The molecule has 138 valence electrons. The zero-order chi connectivity index (χ0) is 18.7. The van der Waals surface area contributed by atoms with Crippen LogP contribution in [-0.4, -0.2) is 17.4 Å². The van der Waals surface area contributed by atoms with E-state index in [0.29, 0.717) is 24.5 Å². The summed E-state index contributed by atoms with van der Waals surface area (Å²) in [6.07, 6.45) is 2.24. The zero-order valence-electron chi connectivity index (χ0n) is 15.3. The van der Waals surface area contributed by atoms with E-state index in [1.165, 1.54) is 5.56 Å². The molecule has 3 aromatic rings. The van der Waals surface area contributed by atoms with E-state index in [1.807, 2.05) is 36.6 Å². The van der Waals surface area contributed by atoms with Crippen molar-refractivity contribution in [1.29, 1.82) is 0 Å². The Morgan fingerprint density at radius 3 is 2.70 bits per heavy atom. The minimum absolute atomic E-state index is 0.0628. The van der Waals surface area contributed by atoms with Crippen LogP contribution in [0.1, 0.15) is 39.5 Å². The molecule has 0 atom stereocenters. The number of aromatic nitrogens is 1. The second-order valence-electron chi connectivity index (χ2n) is 7.00. The molecule has 4 nitrogen and oxygen atoms in total. The maximum absolute atomic E-state index is 12.6. The first-order valence-electron chi connectivity index (χ1n) is 9.12. The van der Waals surface area contributed by atoms with Gasteiger partial charge in [-0.1, -0.05) is 36.4 Å². The number of aryl methyl sites for hydroxylation is 1. The molecule has 1 aliphatic carbocycles. The number of carbonyl (C=O) groups excluding carboxylic acids is 1. The number of ether oxygens (including phenoxy) is 1. The van der Waals surface area contributed by atoms with Crippen LogP contribution < -0.4 is 10.1 Å². The van der Waals surface area contributed by atoms with Gasteiger partial charge in [0.15, 0.2) is 0 Å². The Morgan fingerprint density at radius 1 is 1.19 bits per heavy atom. The summed E-state index contributed by atoms with van der Waals surface area (Å²) in [6.45, 7) is 3.05. The Morgan fingerprint density at radius 2 is 2.00 bits per heavy atom. The Bertz CT molecular complexity index is 932. The Kier molecular flexibility index (Phi) is 4.94. The van der Waals surface area contributed by atoms with Gasteiger partial charge in [0.2, 0.25) is 0 Å². The zero-order valence-corrected chi connectivity index (χ0v) is 16.1. The smallest absolute Gasteiger partial charge is 0.251 e. The van der Waals surface area contributed by atoms with Crippen molar-refractivity contribution in [2.45, 2.75) is 31.8 Å².